The van der Waals surface area contributed by atoms with Gasteiger partial charge in [0, 0.05) is 5.38 Å². The van der Waals surface area contributed by atoms with Crippen molar-refractivity contribution in [3.8, 4) is 0 Å². The van der Waals surface area contributed by atoms with E-state index in [2.05, 4.69) is 13.5 Å². The molecule has 0 N–H and O–H groups in total. The van der Waals surface area contributed by atoms with Crippen LogP contribution >= 0.6 is 11.6 Å². The molecule has 0 aromatic carbocycles. The van der Waals surface area contributed by atoms with Gasteiger partial charge in [-0.1, -0.05) is 19.1 Å². The number of alkyl halides is 1. The largest absolute Gasteiger partial charge is 0.123 e. The van der Waals surface area contributed by atoms with Crippen molar-refractivity contribution in [1.29, 1.82) is 0 Å². The van der Waals surface area contributed by atoms with E-state index in [0.29, 0.717) is 11.3 Å². The predicted molar refractivity (Wildman–Crippen MR) is 41.8 cm³/mol. The summed E-state index contributed by atoms with van der Waals surface area (Å²) in [7, 11) is 0. The molecule has 0 radical (unpaired) electrons. The summed E-state index contributed by atoms with van der Waals surface area (Å²) >= 11 is 5.92. The van der Waals surface area contributed by atoms with Gasteiger partial charge < -0.3 is 0 Å². The zero-order chi connectivity index (χ0) is 6.85. The molecule has 1 heteroatoms. The third kappa shape index (κ3) is 1.72. The molecule has 1 rings (SSSR count). The Morgan fingerprint density at radius 1 is 1.56 bits per heavy atom. The Labute approximate surface area is 61.9 Å². The third-order valence-corrected chi connectivity index (χ3v) is 2.47. The van der Waals surface area contributed by atoms with Crippen LogP contribution in [-0.4, -0.2) is 5.38 Å². The fraction of sp³-hybridized carbons (Fsp3) is 0.750. The zero-order valence-electron chi connectivity index (χ0n) is 5.86. The van der Waals surface area contributed by atoms with Crippen LogP contribution in [0.25, 0.3) is 0 Å². The molecule has 2 unspecified atom stereocenters. The first-order valence-electron chi connectivity index (χ1n) is 3.52. The van der Waals surface area contributed by atoms with Crippen LogP contribution in [0.4, 0.5) is 0 Å². The van der Waals surface area contributed by atoms with Crippen molar-refractivity contribution < 1.29 is 0 Å². The first-order chi connectivity index (χ1) is 4.20. The molecule has 0 bridgehead atoms. The molecule has 0 heterocycles. The molecular formula is C8H13Cl. The number of hydrogen-bond acceptors (Lipinski definition) is 0. The maximum atomic E-state index is 5.92. The van der Waals surface area contributed by atoms with Gasteiger partial charge in [-0.15, -0.1) is 11.6 Å². The van der Waals surface area contributed by atoms with Crippen LogP contribution in [0.3, 0.4) is 0 Å². The molecule has 0 saturated heterocycles. The molecule has 0 aromatic rings. The van der Waals surface area contributed by atoms with Crippen LogP contribution < -0.4 is 0 Å². The molecule has 1 aliphatic carbocycles. The summed E-state index contributed by atoms with van der Waals surface area (Å²) in [5.74, 6) is 0.708. The molecule has 0 nitrogen and oxygen atoms in total. The SMILES string of the molecule is C=C1CC(Cl)CCC1C. The normalized spacial score (nSPS) is 36.9. The number of hydrogen-bond donors (Lipinski definition) is 0. The molecular weight excluding hydrogens is 132 g/mol. The Balaban J connectivity index is 2.44. The van der Waals surface area contributed by atoms with Gasteiger partial charge in [0.2, 0.25) is 0 Å². The molecule has 0 amide bonds. The summed E-state index contributed by atoms with van der Waals surface area (Å²) in [4.78, 5) is 0. The molecule has 1 aliphatic rings. The van der Waals surface area contributed by atoms with E-state index >= 15 is 0 Å². The number of allylic oxidation sites excluding steroid dienone is 1. The predicted octanol–water partition coefficient (Wildman–Crippen LogP) is 2.97. The van der Waals surface area contributed by atoms with Crippen LogP contribution in [0.5, 0.6) is 0 Å². The standard InChI is InChI=1S/C8H13Cl/c1-6-3-4-8(9)5-7(6)2/h6,8H,2-5H2,1H3. The van der Waals surface area contributed by atoms with Crippen molar-refractivity contribution in [2.24, 2.45) is 5.92 Å². The fourth-order valence-electron chi connectivity index (χ4n) is 1.22. The van der Waals surface area contributed by atoms with Crippen molar-refractivity contribution in [2.75, 3.05) is 0 Å². The first-order valence-corrected chi connectivity index (χ1v) is 3.95. The quantitative estimate of drug-likeness (QED) is 0.362. The van der Waals surface area contributed by atoms with Crippen molar-refractivity contribution >= 4 is 11.6 Å². The van der Waals surface area contributed by atoms with E-state index in [-0.39, 0.29) is 0 Å². The summed E-state index contributed by atoms with van der Waals surface area (Å²) in [6.07, 6.45) is 3.43. The summed E-state index contributed by atoms with van der Waals surface area (Å²) in [6.45, 7) is 6.19. The molecule has 2 atom stereocenters. The van der Waals surface area contributed by atoms with Gasteiger partial charge in [-0.2, -0.15) is 0 Å². The van der Waals surface area contributed by atoms with Gasteiger partial charge in [0.15, 0.2) is 0 Å². The fourth-order valence-corrected chi connectivity index (χ4v) is 1.55. The Morgan fingerprint density at radius 3 is 2.67 bits per heavy atom. The second-order valence-electron chi connectivity index (χ2n) is 2.94. The van der Waals surface area contributed by atoms with E-state index in [0.717, 1.165) is 6.42 Å². The van der Waals surface area contributed by atoms with Crippen LogP contribution in [0.2, 0.25) is 0 Å². The van der Waals surface area contributed by atoms with E-state index < -0.39 is 0 Å². The minimum atomic E-state index is 0.369. The second kappa shape index (κ2) is 2.74. The lowest BCUT2D eigenvalue weighted by Gasteiger charge is -2.23. The summed E-state index contributed by atoms with van der Waals surface area (Å²) in [5, 5.41) is 0.369. The molecule has 1 fully saturated rings. The van der Waals surface area contributed by atoms with Crippen LogP contribution in [0.15, 0.2) is 12.2 Å². The lowest BCUT2D eigenvalue weighted by molar-refractivity contribution is 0.491. The maximum absolute atomic E-state index is 5.92. The van der Waals surface area contributed by atoms with Gasteiger partial charge >= 0.3 is 0 Å². The highest BCUT2D eigenvalue weighted by Crippen LogP contribution is 2.30. The lowest BCUT2D eigenvalue weighted by Crippen LogP contribution is -2.13. The van der Waals surface area contributed by atoms with E-state index in [1.165, 1.54) is 18.4 Å². The minimum Gasteiger partial charge on any atom is -0.123 e. The second-order valence-corrected chi connectivity index (χ2v) is 3.56. The zero-order valence-corrected chi connectivity index (χ0v) is 6.62. The third-order valence-electron chi connectivity index (χ3n) is 2.09. The van der Waals surface area contributed by atoms with Crippen molar-refractivity contribution in [2.45, 2.75) is 31.6 Å². The minimum absolute atomic E-state index is 0.369. The highest BCUT2D eigenvalue weighted by Gasteiger charge is 2.18. The van der Waals surface area contributed by atoms with Gasteiger partial charge in [0.1, 0.15) is 0 Å². The van der Waals surface area contributed by atoms with Crippen molar-refractivity contribution in [3.63, 3.8) is 0 Å². The van der Waals surface area contributed by atoms with Gasteiger partial charge in [-0.25, -0.2) is 0 Å². The smallest absolute Gasteiger partial charge is 0.0373 e. The Bertz CT molecular complexity index is 118. The van der Waals surface area contributed by atoms with Gasteiger partial charge in [0.25, 0.3) is 0 Å². The van der Waals surface area contributed by atoms with E-state index in [4.69, 9.17) is 11.6 Å². The summed E-state index contributed by atoms with van der Waals surface area (Å²) in [6, 6.07) is 0. The van der Waals surface area contributed by atoms with Crippen LogP contribution in [0, 0.1) is 5.92 Å². The molecule has 0 spiro atoms. The Morgan fingerprint density at radius 2 is 2.22 bits per heavy atom. The molecule has 0 aromatic heterocycles. The first kappa shape index (κ1) is 7.14. The van der Waals surface area contributed by atoms with Gasteiger partial charge in [0.05, 0.1) is 0 Å². The highest BCUT2D eigenvalue weighted by atomic mass is 35.5. The molecule has 9 heavy (non-hydrogen) atoms. The summed E-state index contributed by atoms with van der Waals surface area (Å²) in [5.41, 5.74) is 1.33. The van der Waals surface area contributed by atoms with Crippen molar-refractivity contribution in [1.82, 2.24) is 0 Å². The highest BCUT2D eigenvalue weighted by molar-refractivity contribution is 6.20. The Kier molecular flexibility index (Phi) is 2.18. The summed E-state index contributed by atoms with van der Waals surface area (Å²) < 4.78 is 0. The van der Waals surface area contributed by atoms with Crippen molar-refractivity contribution in [3.05, 3.63) is 12.2 Å². The molecule has 1 saturated carbocycles. The van der Waals surface area contributed by atoms with E-state index in [1.54, 1.807) is 0 Å². The van der Waals surface area contributed by atoms with Crippen LogP contribution in [0.1, 0.15) is 26.2 Å². The average Bonchev–Trinajstić information content (AvgIpc) is 1.80. The number of halogens is 1. The van der Waals surface area contributed by atoms with Crippen LogP contribution in [-0.2, 0) is 0 Å². The maximum Gasteiger partial charge on any atom is 0.0373 e. The Hall–Kier alpha value is 0.0300. The monoisotopic (exact) mass is 144 g/mol. The number of rotatable bonds is 0. The van der Waals surface area contributed by atoms with E-state index in [9.17, 15) is 0 Å². The van der Waals surface area contributed by atoms with Gasteiger partial charge in [-0.3, -0.25) is 0 Å². The van der Waals surface area contributed by atoms with Gasteiger partial charge in [-0.05, 0) is 25.2 Å². The average molecular weight is 145 g/mol. The van der Waals surface area contributed by atoms with E-state index in [1.807, 2.05) is 0 Å². The lowest BCUT2D eigenvalue weighted by atomic mass is 9.86. The topological polar surface area (TPSA) is 0 Å². The molecule has 0 aliphatic heterocycles. The molecule has 52 valence electrons.